The van der Waals surface area contributed by atoms with Gasteiger partial charge in [-0.15, -0.1) is 0 Å². The maximum Gasteiger partial charge on any atom is 0.224 e. The highest BCUT2D eigenvalue weighted by Crippen LogP contribution is 2.28. The SMILES string of the molecule is Nc1ccc2ncccc2c1NC(=O)CCc1ccc2ccccc2n1. The van der Waals surface area contributed by atoms with Crippen molar-refractivity contribution in [3.63, 3.8) is 0 Å². The van der Waals surface area contributed by atoms with Crippen molar-refractivity contribution in [3.8, 4) is 0 Å². The molecule has 3 N–H and O–H groups in total. The monoisotopic (exact) mass is 342 g/mol. The zero-order valence-electron chi connectivity index (χ0n) is 14.1. The highest BCUT2D eigenvalue weighted by Gasteiger charge is 2.10. The Morgan fingerprint density at radius 3 is 2.77 bits per heavy atom. The highest BCUT2D eigenvalue weighted by atomic mass is 16.1. The number of hydrogen-bond acceptors (Lipinski definition) is 4. The number of pyridine rings is 2. The predicted octanol–water partition coefficient (Wildman–Crippen LogP) is 3.94. The van der Waals surface area contributed by atoms with Crippen molar-refractivity contribution in [2.45, 2.75) is 12.8 Å². The Labute approximate surface area is 150 Å². The van der Waals surface area contributed by atoms with Gasteiger partial charge in [0.25, 0.3) is 0 Å². The summed E-state index contributed by atoms with van der Waals surface area (Å²) in [6.07, 6.45) is 2.62. The number of carbonyl (C=O) groups excluding carboxylic acids is 1. The van der Waals surface area contributed by atoms with Crippen LogP contribution in [0.5, 0.6) is 0 Å². The molecule has 0 saturated heterocycles. The van der Waals surface area contributed by atoms with Gasteiger partial charge in [-0.25, -0.2) is 0 Å². The van der Waals surface area contributed by atoms with Crippen LogP contribution in [0.25, 0.3) is 21.8 Å². The summed E-state index contributed by atoms with van der Waals surface area (Å²) in [6, 6.07) is 19.3. The molecule has 5 heteroatoms. The Morgan fingerprint density at radius 2 is 1.85 bits per heavy atom. The van der Waals surface area contributed by atoms with Crippen LogP contribution in [0.2, 0.25) is 0 Å². The predicted molar refractivity (Wildman–Crippen MR) is 105 cm³/mol. The lowest BCUT2D eigenvalue weighted by Crippen LogP contribution is -2.14. The third-order valence-corrected chi connectivity index (χ3v) is 4.35. The summed E-state index contributed by atoms with van der Waals surface area (Å²) in [5, 5.41) is 4.86. The molecule has 0 fully saturated rings. The van der Waals surface area contributed by atoms with Crippen LogP contribution >= 0.6 is 0 Å². The van der Waals surface area contributed by atoms with E-state index in [1.54, 1.807) is 12.3 Å². The minimum atomic E-state index is -0.0944. The molecule has 0 aliphatic carbocycles. The smallest absolute Gasteiger partial charge is 0.224 e. The van der Waals surface area contributed by atoms with Gasteiger partial charge >= 0.3 is 0 Å². The quantitative estimate of drug-likeness (QED) is 0.551. The molecule has 2 aromatic carbocycles. The van der Waals surface area contributed by atoms with E-state index in [-0.39, 0.29) is 5.91 Å². The molecular formula is C21H18N4O. The molecule has 0 bridgehead atoms. The fourth-order valence-corrected chi connectivity index (χ4v) is 3.00. The molecule has 2 aromatic heterocycles. The molecule has 4 aromatic rings. The van der Waals surface area contributed by atoms with Gasteiger partial charge in [0.05, 0.1) is 22.4 Å². The number of aromatic nitrogens is 2. The molecule has 0 radical (unpaired) electrons. The first kappa shape index (κ1) is 16.0. The lowest BCUT2D eigenvalue weighted by molar-refractivity contribution is -0.116. The van der Waals surface area contributed by atoms with Gasteiger partial charge in [0.1, 0.15) is 0 Å². The summed E-state index contributed by atoms with van der Waals surface area (Å²) < 4.78 is 0. The standard InChI is InChI=1S/C21H18N4O/c22-17-10-11-19-16(5-3-13-23-19)21(17)25-20(26)12-9-15-8-7-14-4-1-2-6-18(14)24-15/h1-8,10-11,13H,9,12,22H2,(H,25,26). The zero-order valence-corrected chi connectivity index (χ0v) is 14.1. The van der Waals surface area contributed by atoms with E-state index in [0.29, 0.717) is 24.2 Å². The van der Waals surface area contributed by atoms with Gasteiger partial charge < -0.3 is 11.1 Å². The van der Waals surface area contributed by atoms with Crippen molar-refractivity contribution in [1.29, 1.82) is 0 Å². The molecule has 2 heterocycles. The Balaban J connectivity index is 1.49. The second-order valence-electron chi connectivity index (χ2n) is 6.14. The Bertz CT molecular complexity index is 1110. The largest absolute Gasteiger partial charge is 0.397 e. The lowest BCUT2D eigenvalue weighted by atomic mass is 10.1. The average Bonchev–Trinajstić information content (AvgIpc) is 2.68. The van der Waals surface area contributed by atoms with Crippen molar-refractivity contribution in [3.05, 3.63) is 72.6 Å². The number of aryl methyl sites for hydroxylation is 1. The second kappa shape index (κ2) is 6.80. The Hall–Kier alpha value is -3.47. The molecule has 1 amide bonds. The minimum absolute atomic E-state index is 0.0944. The fourth-order valence-electron chi connectivity index (χ4n) is 3.00. The number of carbonyl (C=O) groups is 1. The number of hydrogen-bond donors (Lipinski definition) is 2. The van der Waals surface area contributed by atoms with Crippen molar-refractivity contribution < 1.29 is 4.79 Å². The van der Waals surface area contributed by atoms with Gasteiger partial charge in [-0.05, 0) is 42.8 Å². The number of nitrogens with zero attached hydrogens (tertiary/aromatic N) is 2. The number of anilines is 2. The second-order valence-corrected chi connectivity index (χ2v) is 6.14. The van der Waals surface area contributed by atoms with Gasteiger partial charge in [-0.3, -0.25) is 14.8 Å². The number of fused-ring (bicyclic) bond motifs is 2. The molecule has 4 rings (SSSR count). The first-order chi connectivity index (χ1) is 12.7. The number of para-hydroxylation sites is 1. The molecule has 128 valence electrons. The minimum Gasteiger partial charge on any atom is -0.397 e. The van der Waals surface area contributed by atoms with E-state index in [9.17, 15) is 4.79 Å². The van der Waals surface area contributed by atoms with E-state index < -0.39 is 0 Å². The summed E-state index contributed by atoms with van der Waals surface area (Å²) >= 11 is 0. The molecule has 26 heavy (non-hydrogen) atoms. The third-order valence-electron chi connectivity index (χ3n) is 4.35. The molecule has 0 aliphatic rings. The molecular weight excluding hydrogens is 324 g/mol. The van der Waals surface area contributed by atoms with Gasteiger partial charge in [0.2, 0.25) is 5.91 Å². The number of rotatable bonds is 4. The fraction of sp³-hybridized carbons (Fsp3) is 0.0952. The number of nitrogens with one attached hydrogen (secondary N) is 1. The van der Waals surface area contributed by atoms with Gasteiger partial charge in [-0.2, -0.15) is 0 Å². The summed E-state index contributed by atoms with van der Waals surface area (Å²) in [5.41, 5.74) is 9.83. The summed E-state index contributed by atoms with van der Waals surface area (Å²) in [4.78, 5) is 21.3. The van der Waals surface area contributed by atoms with Crippen LogP contribution in [0, 0.1) is 0 Å². The molecule has 0 atom stereocenters. The molecule has 0 spiro atoms. The van der Waals surface area contributed by atoms with Crippen LogP contribution in [0.4, 0.5) is 11.4 Å². The molecule has 5 nitrogen and oxygen atoms in total. The molecule has 0 aliphatic heterocycles. The van der Waals surface area contributed by atoms with Crippen LogP contribution in [-0.2, 0) is 11.2 Å². The van der Waals surface area contributed by atoms with E-state index in [1.807, 2.05) is 54.6 Å². The van der Waals surface area contributed by atoms with E-state index >= 15 is 0 Å². The maximum absolute atomic E-state index is 12.4. The lowest BCUT2D eigenvalue weighted by Gasteiger charge is -2.11. The third kappa shape index (κ3) is 3.19. The van der Waals surface area contributed by atoms with Crippen LogP contribution in [0.15, 0.2) is 66.9 Å². The van der Waals surface area contributed by atoms with E-state index in [1.165, 1.54) is 0 Å². The van der Waals surface area contributed by atoms with Crippen LogP contribution in [0.1, 0.15) is 12.1 Å². The number of nitrogens with two attached hydrogens (primary N) is 1. The average molecular weight is 342 g/mol. The molecule has 0 saturated carbocycles. The van der Waals surface area contributed by atoms with Crippen LogP contribution < -0.4 is 11.1 Å². The highest BCUT2D eigenvalue weighted by molar-refractivity contribution is 6.05. The van der Waals surface area contributed by atoms with Crippen molar-refractivity contribution >= 4 is 39.1 Å². The zero-order chi connectivity index (χ0) is 17.9. The van der Waals surface area contributed by atoms with Crippen LogP contribution in [-0.4, -0.2) is 15.9 Å². The normalized spacial score (nSPS) is 10.9. The van der Waals surface area contributed by atoms with E-state index in [0.717, 1.165) is 27.5 Å². The van der Waals surface area contributed by atoms with Crippen LogP contribution in [0.3, 0.4) is 0 Å². The molecule has 0 unspecified atom stereocenters. The Morgan fingerprint density at radius 1 is 0.962 bits per heavy atom. The first-order valence-electron chi connectivity index (χ1n) is 8.48. The summed E-state index contributed by atoms with van der Waals surface area (Å²) in [6.45, 7) is 0. The summed E-state index contributed by atoms with van der Waals surface area (Å²) in [5.74, 6) is -0.0944. The first-order valence-corrected chi connectivity index (χ1v) is 8.48. The van der Waals surface area contributed by atoms with Crippen molar-refractivity contribution in [2.75, 3.05) is 11.1 Å². The number of nitrogen functional groups attached to an aromatic ring is 1. The van der Waals surface area contributed by atoms with Crippen molar-refractivity contribution in [1.82, 2.24) is 9.97 Å². The van der Waals surface area contributed by atoms with Gasteiger partial charge in [-0.1, -0.05) is 24.3 Å². The number of amides is 1. The topological polar surface area (TPSA) is 80.9 Å². The Kier molecular flexibility index (Phi) is 4.19. The van der Waals surface area contributed by atoms with Gasteiger partial charge in [0.15, 0.2) is 0 Å². The van der Waals surface area contributed by atoms with E-state index in [2.05, 4.69) is 15.3 Å². The maximum atomic E-state index is 12.4. The van der Waals surface area contributed by atoms with Crippen molar-refractivity contribution in [2.24, 2.45) is 0 Å². The van der Waals surface area contributed by atoms with Gasteiger partial charge in [0, 0.05) is 29.1 Å². The number of benzene rings is 2. The van der Waals surface area contributed by atoms with E-state index in [4.69, 9.17) is 5.73 Å². The summed E-state index contributed by atoms with van der Waals surface area (Å²) in [7, 11) is 0.